The number of carbonyl (C=O) groups is 2. The van der Waals surface area contributed by atoms with Crippen molar-refractivity contribution in [3.05, 3.63) is 33.8 Å². The van der Waals surface area contributed by atoms with Gasteiger partial charge in [0.2, 0.25) is 5.91 Å². The lowest BCUT2D eigenvalue weighted by Gasteiger charge is -2.07. The molecule has 128 valence electrons. The number of carboxylic acid groups (broad SMARTS) is 1. The van der Waals surface area contributed by atoms with E-state index in [0.29, 0.717) is 4.47 Å². The van der Waals surface area contributed by atoms with E-state index in [1.807, 2.05) is 0 Å². The van der Waals surface area contributed by atoms with Crippen LogP contribution in [-0.4, -0.2) is 33.6 Å². The maximum absolute atomic E-state index is 12.7. The Hall–Kier alpha value is -1.88. The molecule has 6 nitrogen and oxygen atoms in total. The summed E-state index contributed by atoms with van der Waals surface area (Å²) in [4.78, 5) is 22.1. The highest BCUT2D eigenvalue weighted by Crippen LogP contribution is 2.31. The fraction of sp³-hybridized carbons (Fsp3) is 0.231. The highest BCUT2D eigenvalue weighted by Gasteiger charge is 2.32. The van der Waals surface area contributed by atoms with Crippen molar-refractivity contribution >= 4 is 51.0 Å². The molecule has 0 radical (unpaired) electrons. The van der Waals surface area contributed by atoms with Crippen LogP contribution < -0.4 is 5.32 Å². The quantitative estimate of drug-likeness (QED) is 0.575. The summed E-state index contributed by atoms with van der Waals surface area (Å²) in [6, 6.07) is 3.07. The van der Waals surface area contributed by atoms with Gasteiger partial charge in [-0.2, -0.15) is 18.3 Å². The highest BCUT2D eigenvalue weighted by molar-refractivity contribution is 9.10. The molecule has 1 aromatic carbocycles. The smallest absolute Gasteiger partial charge is 0.416 e. The van der Waals surface area contributed by atoms with Gasteiger partial charge in [-0.25, -0.2) is 0 Å². The van der Waals surface area contributed by atoms with Crippen LogP contribution in [0.3, 0.4) is 0 Å². The van der Waals surface area contributed by atoms with Gasteiger partial charge in [0.15, 0.2) is 5.17 Å². The minimum atomic E-state index is -4.48. The Morgan fingerprint density at radius 1 is 1.46 bits per heavy atom. The van der Waals surface area contributed by atoms with Crippen LogP contribution in [0.25, 0.3) is 0 Å². The van der Waals surface area contributed by atoms with Crippen molar-refractivity contribution in [2.45, 2.75) is 17.8 Å². The molecule has 1 heterocycles. The number of carboxylic acids is 1. The van der Waals surface area contributed by atoms with Crippen molar-refractivity contribution in [3.63, 3.8) is 0 Å². The lowest BCUT2D eigenvalue weighted by atomic mass is 10.1. The first-order valence-corrected chi connectivity index (χ1v) is 8.01. The summed E-state index contributed by atoms with van der Waals surface area (Å²) in [6.45, 7) is 0. The Morgan fingerprint density at radius 3 is 2.79 bits per heavy atom. The molecule has 0 spiro atoms. The van der Waals surface area contributed by atoms with Crippen LogP contribution in [0.15, 0.2) is 32.9 Å². The summed E-state index contributed by atoms with van der Waals surface area (Å²) in [5, 5.41) is 17.6. The van der Waals surface area contributed by atoms with Gasteiger partial charge in [-0.1, -0.05) is 27.7 Å². The molecule has 1 unspecified atom stereocenters. The van der Waals surface area contributed by atoms with E-state index >= 15 is 0 Å². The van der Waals surface area contributed by atoms with Crippen LogP contribution in [0, 0.1) is 0 Å². The maximum Gasteiger partial charge on any atom is 0.416 e. The van der Waals surface area contributed by atoms with Crippen molar-refractivity contribution in [1.82, 2.24) is 5.32 Å². The third kappa shape index (κ3) is 4.81. The van der Waals surface area contributed by atoms with E-state index in [0.717, 1.165) is 30.1 Å². The molecule has 0 bridgehead atoms. The molecule has 1 amide bonds. The summed E-state index contributed by atoms with van der Waals surface area (Å²) in [6.07, 6.45) is -3.74. The molecule has 24 heavy (non-hydrogen) atoms. The largest absolute Gasteiger partial charge is 0.481 e. The number of nitrogens with one attached hydrogen (secondary N) is 1. The number of carbonyl (C=O) groups excluding carboxylic acids is 1. The van der Waals surface area contributed by atoms with Crippen molar-refractivity contribution in [2.24, 2.45) is 10.2 Å². The van der Waals surface area contributed by atoms with E-state index in [1.165, 1.54) is 6.07 Å². The number of halogens is 4. The molecule has 0 saturated carbocycles. The number of nitrogens with zero attached hydrogens (tertiary/aromatic N) is 2. The number of hydrogen-bond donors (Lipinski definition) is 2. The normalized spacial score (nSPS) is 19.9. The van der Waals surface area contributed by atoms with E-state index in [2.05, 4.69) is 31.4 Å². The molecule has 11 heteroatoms. The van der Waals surface area contributed by atoms with Gasteiger partial charge in [-0.05, 0) is 18.2 Å². The summed E-state index contributed by atoms with van der Waals surface area (Å²) in [7, 11) is 0. The fourth-order valence-corrected chi connectivity index (χ4v) is 2.97. The first-order chi connectivity index (χ1) is 11.2. The van der Waals surface area contributed by atoms with E-state index in [-0.39, 0.29) is 17.2 Å². The number of amidine groups is 1. The van der Waals surface area contributed by atoms with Gasteiger partial charge < -0.3 is 10.4 Å². The molecule has 2 N–H and O–H groups in total. The summed E-state index contributed by atoms with van der Waals surface area (Å²) < 4.78 is 38.4. The van der Waals surface area contributed by atoms with Crippen LogP contribution in [0.1, 0.15) is 17.5 Å². The number of rotatable bonds is 4. The van der Waals surface area contributed by atoms with Gasteiger partial charge in [0.05, 0.1) is 18.2 Å². The van der Waals surface area contributed by atoms with Gasteiger partial charge in [0.1, 0.15) is 5.25 Å². The topological polar surface area (TPSA) is 91.1 Å². The van der Waals surface area contributed by atoms with Crippen LogP contribution >= 0.6 is 27.7 Å². The predicted molar refractivity (Wildman–Crippen MR) is 85.9 cm³/mol. The fourth-order valence-electron chi connectivity index (χ4n) is 1.71. The summed E-state index contributed by atoms with van der Waals surface area (Å²) >= 11 is 4.01. The molecule has 2 rings (SSSR count). The van der Waals surface area contributed by atoms with Gasteiger partial charge in [0, 0.05) is 10.0 Å². The first kappa shape index (κ1) is 18.5. The lowest BCUT2D eigenvalue weighted by molar-refractivity contribution is -0.138. The van der Waals surface area contributed by atoms with E-state index < -0.39 is 28.9 Å². The minimum Gasteiger partial charge on any atom is -0.481 e. The average Bonchev–Trinajstić information content (AvgIpc) is 2.79. The van der Waals surface area contributed by atoms with Crippen LogP contribution in [0.2, 0.25) is 0 Å². The van der Waals surface area contributed by atoms with Crippen LogP contribution in [0.4, 0.5) is 13.2 Å². The Labute approximate surface area is 146 Å². The Morgan fingerprint density at radius 2 is 2.17 bits per heavy atom. The Balaban J connectivity index is 2.12. The molecule has 1 atom stereocenters. The number of thioether (sulfide) groups is 1. The first-order valence-electron chi connectivity index (χ1n) is 6.34. The second-order valence-electron chi connectivity index (χ2n) is 4.58. The van der Waals surface area contributed by atoms with E-state index in [9.17, 15) is 22.8 Å². The van der Waals surface area contributed by atoms with Crippen molar-refractivity contribution in [2.75, 3.05) is 0 Å². The minimum absolute atomic E-state index is 0.0885. The average molecular weight is 424 g/mol. The summed E-state index contributed by atoms with van der Waals surface area (Å²) in [5.41, 5.74) is -0.671. The monoisotopic (exact) mass is 423 g/mol. The van der Waals surface area contributed by atoms with Gasteiger partial charge >= 0.3 is 12.1 Å². The zero-order chi connectivity index (χ0) is 17.9. The zero-order valence-corrected chi connectivity index (χ0v) is 14.1. The second kappa shape index (κ2) is 7.34. The molecule has 0 aromatic heterocycles. The number of alkyl halides is 3. The number of amides is 1. The van der Waals surface area contributed by atoms with Gasteiger partial charge in [-0.15, -0.1) is 5.10 Å². The molecule has 1 fully saturated rings. The third-order valence-corrected chi connectivity index (χ3v) is 4.60. The zero-order valence-electron chi connectivity index (χ0n) is 11.7. The molecule has 1 saturated heterocycles. The SMILES string of the molecule is O=C(O)CC1SC(=NN=Cc2cc(C(F)(F)F)ccc2Br)NC1=O. The van der Waals surface area contributed by atoms with Gasteiger partial charge in [-0.3, -0.25) is 9.59 Å². The van der Waals surface area contributed by atoms with E-state index in [4.69, 9.17) is 5.11 Å². The molecule has 1 aliphatic heterocycles. The van der Waals surface area contributed by atoms with Gasteiger partial charge in [0.25, 0.3) is 0 Å². The molecule has 1 aliphatic rings. The highest BCUT2D eigenvalue weighted by atomic mass is 79.9. The molecular weight excluding hydrogens is 415 g/mol. The number of hydrogen-bond acceptors (Lipinski definition) is 5. The van der Waals surface area contributed by atoms with Crippen molar-refractivity contribution in [1.29, 1.82) is 0 Å². The maximum atomic E-state index is 12.7. The Bertz CT molecular complexity index is 737. The predicted octanol–water partition coefficient (Wildman–Crippen LogP) is 2.86. The molecule has 0 aliphatic carbocycles. The molecule has 1 aromatic rings. The number of aliphatic carboxylic acids is 1. The molecular formula is C13H9BrF3N3O3S. The number of benzene rings is 1. The van der Waals surface area contributed by atoms with Crippen LogP contribution in [0.5, 0.6) is 0 Å². The standard InChI is InChI=1S/C13H9BrF3N3O3S/c14-8-2-1-7(13(15,16)17)3-6(8)5-18-20-12-19-11(23)9(24-12)4-10(21)22/h1-3,5,9H,4H2,(H,21,22)(H,19,20,23). The summed E-state index contributed by atoms with van der Waals surface area (Å²) in [5.74, 6) is -1.63. The Kier molecular flexibility index (Phi) is 5.65. The third-order valence-electron chi connectivity index (χ3n) is 2.81. The van der Waals surface area contributed by atoms with Crippen molar-refractivity contribution in [3.8, 4) is 0 Å². The second-order valence-corrected chi connectivity index (χ2v) is 6.62. The lowest BCUT2D eigenvalue weighted by Crippen LogP contribution is -2.26. The van der Waals surface area contributed by atoms with Crippen LogP contribution in [-0.2, 0) is 15.8 Å². The van der Waals surface area contributed by atoms with Crippen molar-refractivity contribution < 1.29 is 27.9 Å². The van der Waals surface area contributed by atoms with E-state index in [1.54, 1.807) is 0 Å².